The van der Waals surface area contributed by atoms with E-state index < -0.39 is 29.8 Å². The lowest BCUT2D eigenvalue weighted by molar-refractivity contribution is -0.145. The van der Waals surface area contributed by atoms with Gasteiger partial charge in [0, 0.05) is 0 Å². The van der Waals surface area contributed by atoms with Crippen LogP contribution in [0, 0.1) is 0 Å². The Kier molecular flexibility index (Phi) is 9.30. The number of carbonyl (C=O) groups is 2. The van der Waals surface area contributed by atoms with E-state index in [4.69, 9.17) is 9.47 Å². The highest BCUT2D eigenvalue weighted by atomic mass is 32.2. The summed E-state index contributed by atoms with van der Waals surface area (Å²) < 4.78 is 10.4. The summed E-state index contributed by atoms with van der Waals surface area (Å²) in [4.78, 5) is 23.7. The molecule has 1 fully saturated rings. The van der Waals surface area contributed by atoms with Crippen molar-refractivity contribution < 1.29 is 24.2 Å². The van der Waals surface area contributed by atoms with Gasteiger partial charge in [0.25, 0.3) is 0 Å². The molecule has 1 amide bonds. The number of hydrogen-bond donors (Lipinski definition) is 2. The van der Waals surface area contributed by atoms with E-state index >= 15 is 0 Å². The number of carbonyl (C=O) groups excluding carboxylic acids is 2. The quantitative estimate of drug-likeness (QED) is 0.658. The number of alkyl carbamates (subject to hydrolysis) is 1. The fourth-order valence-electron chi connectivity index (χ4n) is 2.18. The van der Waals surface area contributed by atoms with Crippen molar-refractivity contribution in [2.24, 2.45) is 0 Å². The van der Waals surface area contributed by atoms with Crippen LogP contribution in [0.1, 0.15) is 47.0 Å². The predicted molar refractivity (Wildman–Crippen MR) is 98.4 cm³/mol. The molecule has 1 aliphatic rings. The largest absolute Gasteiger partial charge is 0.466 e. The maximum atomic E-state index is 12.1. The average molecular weight is 380 g/mol. The number of ether oxygens (including phenoxy) is 2. The van der Waals surface area contributed by atoms with Gasteiger partial charge in [0.2, 0.25) is 0 Å². The number of esters is 1. The van der Waals surface area contributed by atoms with Gasteiger partial charge in [-0.15, -0.1) is 23.5 Å². The fraction of sp³-hybridized carbons (Fsp3) is 0.875. The van der Waals surface area contributed by atoms with Gasteiger partial charge in [-0.2, -0.15) is 0 Å². The van der Waals surface area contributed by atoms with Crippen molar-refractivity contribution in [3.8, 4) is 0 Å². The SMILES string of the molecule is CCOC(=O)CC(O)C(CC1SCCCS1)NC(=O)OC(C)(C)C. The summed E-state index contributed by atoms with van der Waals surface area (Å²) in [5, 5.41) is 13.1. The summed E-state index contributed by atoms with van der Waals surface area (Å²) in [5.74, 6) is 1.68. The molecule has 0 bridgehead atoms. The van der Waals surface area contributed by atoms with Crippen LogP contribution in [0.5, 0.6) is 0 Å². The summed E-state index contributed by atoms with van der Waals surface area (Å²) in [5.41, 5.74) is -0.616. The van der Waals surface area contributed by atoms with Crippen molar-refractivity contribution in [1.82, 2.24) is 5.32 Å². The molecular weight excluding hydrogens is 350 g/mol. The third-order valence-electron chi connectivity index (χ3n) is 3.19. The zero-order valence-electron chi connectivity index (χ0n) is 14.9. The smallest absolute Gasteiger partial charge is 0.407 e. The molecule has 1 saturated heterocycles. The first kappa shape index (κ1) is 21.4. The Morgan fingerprint density at radius 3 is 2.46 bits per heavy atom. The highest BCUT2D eigenvalue weighted by Crippen LogP contribution is 2.34. The Morgan fingerprint density at radius 2 is 1.92 bits per heavy atom. The Hall–Kier alpha value is -0.600. The standard InChI is InChI=1S/C16H29NO5S2/c1-5-21-13(19)10-12(18)11(9-14-23-7-6-8-24-14)17-15(20)22-16(2,3)4/h11-12,14,18H,5-10H2,1-4H3,(H,17,20). The van der Waals surface area contributed by atoms with Gasteiger partial charge in [-0.1, -0.05) is 0 Å². The lowest BCUT2D eigenvalue weighted by atomic mass is 10.1. The first-order chi connectivity index (χ1) is 11.2. The molecule has 0 aromatic heterocycles. The molecule has 0 saturated carbocycles. The van der Waals surface area contributed by atoms with E-state index in [1.807, 2.05) is 23.5 Å². The van der Waals surface area contributed by atoms with Crippen LogP contribution < -0.4 is 5.32 Å². The molecule has 2 N–H and O–H groups in total. The van der Waals surface area contributed by atoms with Crippen molar-refractivity contribution in [1.29, 1.82) is 0 Å². The van der Waals surface area contributed by atoms with Crippen molar-refractivity contribution in [2.75, 3.05) is 18.1 Å². The molecule has 1 rings (SSSR count). The minimum absolute atomic E-state index is 0.143. The zero-order chi connectivity index (χ0) is 18.2. The molecule has 24 heavy (non-hydrogen) atoms. The van der Waals surface area contributed by atoms with Crippen LogP contribution in [0.15, 0.2) is 0 Å². The van der Waals surface area contributed by atoms with Crippen molar-refractivity contribution in [3.63, 3.8) is 0 Å². The molecular formula is C16H29NO5S2. The molecule has 0 aromatic rings. The van der Waals surface area contributed by atoms with Crippen LogP contribution in [0.3, 0.4) is 0 Å². The maximum Gasteiger partial charge on any atom is 0.407 e. The monoisotopic (exact) mass is 379 g/mol. The van der Waals surface area contributed by atoms with Crippen LogP contribution in [0.2, 0.25) is 0 Å². The van der Waals surface area contributed by atoms with Gasteiger partial charge >= 0.3 is 12.1 Å². The molecule has 8 heteroatoms. The minimum atomic E-state index is -1.00. The number of aliphatic hydroxyl groups excluding tert-OH is 1. The second kappa shape index (κ2) is 10.4. The van der Waals surface area contributed by atoms with Gasteiger partial charge in [0.15, 0.2) is 0 Å². The van der Waals surface area contributed by atoms with Crippen molar-refractivity contribution >= 4 is 35.6 Å². The van der Waals surface area contributed by atoms with Gasteiger partial charge in [0.1, 0.15) is 5.60 Å². The Labute approximate surface area is 152 Å². The second-order valence-corrected chi connectivity index (χ2v) is 9.51. The Morgan fingerprint density at radius 1 is 1.29 bits per heavy atom. The minimum Gasteiger partial charge on any atom is -0.466 e. The van der Waals surface area contributed by atoms with E-state index in [0.29, 0.717) is 6.42 Å². The highest BCUT2D eigenvalue weighted by Gasteiger charge is 2.30. The van der Waals surface area contributed by atoms with Gasteiger partial charge < -0.3 is 19.9 Å². The van der Waals surface area contributed by atoms with E-state index in [1.54, 1.807) is 27.7 Å². The van der Waals surface area contributed by atoms with Crippen molar-refractivity contribution in [3.05, 3.63) is 0 Å². The van der Waals surface area contributed by atoms with E-state index in [9.17, 15) is 14.7 Å². The highest BCUT2D eigenvalue weighted by molar-refractivity contribution is 8.17. The molecule has 0 aromatic carbocycles. The Bertz CT molecular complexity index is 408. The van der Waals surface area contributed by atoms with Crippen molar-refractivity contribution in [2.45, 2.75) is 69.3 Å². The maximum absolute atomic E-state index is 12.1. The topological polar surface area (TPSA) is 84.9 Å². The fourth-order valence-corrected chi connectivity index (χ4v) is 5.16. The molecule has 2 unspecified atom stereocenters. The van der Waals surface area contributed by atoms with Gasteiger partial charge in [-0.25, -0.2) is 4.79 Å². The molecule has 0 aliphatic carbocycles. The predicted octanol–water partition coefficient (Wildman–Crippen LogP) is 2.78. The molecule has 0 spiro atoms. The Balaban J connectivity index is 2.66. The van der Waals surface area contributed by atoms with Crippen LogP contribution in [0.4, 0.5) is 4.79 Å². The van der Waals surface area contributed by atoms with Crippen LogP contribution >= 0.6 is 23.5 Å². The summed E-state index contributed by atoms with van der Waals surface area (Å²) in [6.45, 7) is 7.33. The third kappa shape index (κ3) is 9.03. The van der Waals surface area contributed by atoms with E-state index in [-0.39, 0.29) is 17.6 Å². The first-order valence-electron chi connectivity index (χ1n) is 8.27. The number of aliphatic hydroxyl groups is 1. The van der Waals surface area contributed by atoms with Gasteiger partial charge in [0.05, 0.1) is 29.8 Å². The number of hydrogen-bond acceptors (Lipinski definition) is 7. The molecule has 1 heterocycles. The van der Waals surface area contributed by atoms with Crippen LogP contribution in [-0.4, -0.2) is 57.6 Å². The lowest BCUT2D eigenvalue weighted by Gasteiger charge is -2.30. The summed E-state index contributed by atoms with van der Waals surface area (Å²) in [6, 6.07) is -0.549. The lowest BCUT2D eigenvalue weighted by Crippen LogP contribution is -2.47. The number of thioether (sulfide) groups is 2. The van der Waals surface area contributed by atoms with Gasteiger partial charge in [-0.3, -0.25) is 4.79 Å². The first-order valence-corrected chi connectivity index (χ1v) is 10.4. The van der Waals surface area contributed by atoms with Crippen LogP contribution in [-0.2, 0) is 14.3 Å². The van der Waals surface area contributed by atoms with E-state index in [2.05, 4.69) is 5.32 Å². The number of amides is 1. The molecule has 1 aliphatic heterocycles. The molecule has 140 valence electrons. The molecule has 0 radical (unpaired) electrons. The molecule has 6 nitrogen and oxygen atoms in total. The number of nitrogens with one attached hydrogen (secondary N) is 1. The normalized spacial score (nSPS) is 18.5. The van der Waals surface area contributed by atoms with Gasteiger partial charge in [-0.05, 0) is 52.0 Å². The number of rotatable bonds is 7. The average Bonchev–Trinajstić information content (AvgIpc) is 2.45. The third-order valence-corrected chi connectivity index (χ3v) is 6.18. The van der Waals surface area contributed by atoms with E-state index in [0.717, 1.165) is 11.5 Å². The molecule has 2 atom stereocenters. The zero-order valence-corrected chi connectivity index (χ0v) is 16.5. The second-order valence-electron chi connectivity index (χ2n) is 6.59. The summed E-state index contributed by atoms with van der Waals surface area (Å²) in [6.07, 6.45) is 0.0216. The van der Waals surface area contributed by atoms with Crippen LogP contribution in [0.25, 0.3) is 0 Å². The van der Waals surface area contributed by atoms with E-state index in [1.165, 1.54) is 6.42 Å². The summed E-state index contributed by atoms with van der Waals surface area (Å²) in [7, 11) is 0. The summed E-state index contributed by atoms with van der Waals surface area (Å²) >= 11 is 3.64.